The van der Waals surface area contributed by atoms with Crippen LogP contribution in [0.4, 0.5) is 0 Å². The minimum atomic E-state index is -0.949. The third kappa shape index (κ3) is 3.93. The van der Waals surface area contributed by atoms with Gasteiger partial charge in [-0.25, -0.2) is 4.79 Å². The maximum Gasteiger partial charge on any atom is 0.338 e. The lowest BCUT2D eigenvalue weighted by molar-refractivity contribution is -0.156. The minimum Gasteiger partial charge on any atom is -0.454 e. The molecule has 8 nitrogen and oxygen atoms in total. The van der Waals surface area contributed by atoms with Crippen molar-refractivity contribution in [3.63, 3.8) is 0 Å². The van der Waals surface area contributed by atoms with Crippen LogP contribution in [0.25, 0.3) is 0 Å². The first-order valence-electron chi connectivity index (χ1n) is 9.23. The lowest BCUT2D eigenvalue weighted by Gasteiger charge is -2.47. The van der Waals surface area contributed by atoms with Gasteiger partial charge in [-0.3, -0.25) is 9.69 Å². The molecule has 0 spiro atoms. The Kier molecular flexibility index (Phi) is 6.37. The molecule has 0 aliphatic carbocycles. The fraction of sp³-hybridized carbons (Fsp3) is 0.579. The van der Waals surface area contributed by atoms with Gasteiger partial charge in [0.25, 0.3) is 0 Å². The summed E-state index contributed by atoms with van der Waals surface area (Å²) < 4.78 is 17.8. The molecule has 2 N–H and O–H groups in total. The van der Waals surface area contributed by atoms with Gasteiger partial charge in [0.15, 0.2) is 5.79 Å². The zero-order valence-electron chi connectivity index (χ0n) is 16.2. The summed E-state index contributed by atoms with van der Waals surface area (Å²) in [6.45, 7) is 3.20. The van der Waals surface area contributed by atoms with Crippen LogP contribution in [0.1, 0.15) is 24.2 Å². The number of amides is 1. The molecule has 2 saturated heterocycles. The second-order valence-electron chi connectivity index (χ2n) is 7.31. The number of hydrogen-bond donors (Lipinski definition) is 2. The number of rotatable bonds is 5. The van der Waals surface area contributed by atoms with Gasteiger partial charge < -0.3 is 24.6 Å². The standard InChI is InChI=1S/C19H27N2O6P/c1-19(2)26-15-13(17(23)20-3)21(10-28)12(9-22)14(16(15)27-19)25-18(24)11-7-5-4-6-8-11/h4-8,12-16,22H,9-10,28H2,1-3H3,(H,20,23)/t12-,13+,14-,15-,16+/m1/s1. The number of benzene rings is 1. The number of nitrogens with one attached hydrogen (secondary N) is 1. The Morgan fingerprint density at radius 2 is 1.89 bits per heavy atom. The topological polar surface area (TPSA) is 97.3 Å². The largest absolute Gasteiger partial charge is 0.454 e. The molecule has 0 saturated carbocycles. The van der Waals surface area contributed by atoms with Crippen LogP contribution in [0.3, 0.4) is 0 Å². The number of aliphatic hydroxyl groups excluding tert-OH is 1. The van der Waals surface area contributed by atoms with Gasteiger partial charge in [0, 0.05) is 13.3 Å². The molecule has 0 bridgehead atoms. The quantitative estimate of drug-likeness (QED) is 0.534. The van der Waals surface area contributed by atoms with Crippen LogP contribution < -0.4 is 5.32 Å². The average Bonchev–Trinajstić information content (AvgIpc) is 3.02. The van der Waals surface area contributed by atoms with E-state index >= 15 is 0 Å². The number of aliphatic hydroxyl groups is 1. The van der Waals surface area contributed by atoms with E-state index in [1.54, 1.807) is 50.1 Å². The number of fused-ring (bicyclic) bond motifs is 1. The number of likely N-dealkylation sites (N-methyl/N-ethyl adjacent to an activating group) is 1. The highest BCUT2D eigenvalue weighted by Gasteiger charge is 2.60. The summed E-state index contributed by atoms with van der Waals surface area (Å²) in [5.74, 6) is -1.71. The summed E-state index contributed by atoms with van der Waals surface area (Å²) in [6.07, 6.45) is -1.75. The van der Waals surface area contributed by atoms with Crippen molar-refractivity contribution in [2.45, 2.75) is 50.0 Å². The first-order valence-corrected chi connectivity index (χ1v) is 10.0. The third-order valence-corrected chi connectivity index (χ3v) is 5.55. The zero-order valence-corrected chi connectivity index (χ0v) is 17.4. The molecule has 28 heavy (non-hydrogen) atoms. The van der Waals surface area contributed by atoms with Crippen molar-refractivity contribution in [2.24, 2.45) is 0 Å². The van der Waals surface area contributed by atoms with E-state index in [0.29, 0.717) is 11.8 Å². The molecule has 154 valence electrons. The van der Waals surface area contributed by atoms with Crippen molar-refractivity contribution < 1.29 is 28.9 Å². The molecule has 2 aliphatic rings. The summed E-state index contributed by atoms with van der Waals surface area (Å²) >= 11 is 0. The Morgan fingerprint density at radius 1 is 1.25 bits per heavy atom. The monoisotopic (exact) mass is 410 g/mol. The van der Waals surface area contributed by atoms with Gasteiger partial charge in [-0.1, -0.05) is 18.2 Å². The SMILES string of the molecule is CNC(=O)[C@@H]1[C@H]2OC(C)(C)O[C@H]2[C@H](OC(=O)c2ccccc2)[C@@H](CO)N1CP. The number of carbonyl (C=O) groups is 2. The van der Waals surface area contributed by atoms with Crippen LogP contribution >= 0.6 is 9.24 Å². The first kappa shape index (κ1) is 21.1. The highest BCUT2D eigenvalue weighted by atomic mass is 31.0. The Balaban J connectivity index is 1.96. The molecule has 1 unspecified atom stereocenters. The number of carbonyl (C=O) groups excluding carboxylic acids is 2. The average molecular weight is 410 g/mol. The highest BCUT2D eigenvalue weighted by Crippen LogP contribution is 2.40. The van der Waals surface area contributed by atoms with Crippen molar-refractivity contribution in [3.05, 3.63) is 35.9 Å². The van der Waals surface area contributed by atoms with Crippen molar-refractivity contribution >= 4 is 21.1 Å². The zero-order chi connectivity index (χ0) is 20.5. The molecule has 2 fully saturated rings. The maximum absolute atomic E-state index is 12.7. The molecule has 9 heteroatoms. The van der Waals surface area contributed by atoms with E-state index in [-0.39, 0.29) is 12.5 Å². The number of ether oxygens (including phenoxy) is 3. The van der Waals surface area contributed by atoms with Crippen molar-refractivity contribution in [1.82, 2.24) is 10.2 Å². The molecule has 1 aromatic rings. The van der Waals surface area contributed by atoms with Crippen LogP contribution in [-0.2, 0) is 19.0 Å². The third-order valence-electron chi connectivity index (χ3n) is 5.13. The molecular formula is C19H27N2O6P. The Bertz CT molecular complexity index is 716. The van der Waals surface area contributed by atoms with Crippen molar-refractivity contribution in [3.8, 4) is 0 Å². The second-order valence-corrected chi connectivity index (χ2v) is 7.67. The highest BCUT2D eigenvalue weighted by molar-refractivity contribution is 7.16. The maximum atomic E-state index is 12.7. The summed E-state index contributed by atoms with van der Waals surface area (Å²) in [7, 11) is 4.11. The van der Waals surface area contributed by atoms with Gasteiger partial charge in [0.1, 0.15) is 24.4 Å². The summed E-state index contributed by atoms with van der Waals surface area (Å²) in [4.78, 5) is 27.1. The minimum absolute atomic E-state index is 0.245. The lowest BCUT2D eigenvalue weighted by atomic mass is 9.88. The predicted octanol–water partition coefficient (Wildman–Crippen LogP) is 0.356. The molecule has 2 heterocycles. The Hall–Kier alpha value is -1.57. The lowest BCUT2D eigenvalue weighted by Crippen LogP contribution is -2.70. The van der Waals surface area contributed by atoms with Gasteiger partial charge in [-0.2, -0.15) is 0 Å². The van der Waals surface area contributed by atoms with E-state index in [0.717, 1.165) is 0 Å². The predicted molar refractivity (Wildman–Crippen MR) is 105 cm³/mol. The van der Waals surface area contributed by atoms with E-state index in [1.165, 1.54) is 0 Å². The molecule has 1 aromatic carbocycles. The molecule has 0 radical (unpaired) electrons. The molecule has 6 atom stereocenters. The van der Waals surface area contributed by atoms with Crippen LogP contribution in [0.2, 0.25) is 0 Å². The Morgan fingerprint density at radius 3 is 2.46 bits per heavy atom. The fourth-order valence-electron chi connectivity index (χ4n) is 3.94. The van der Waals surface area contributed by atoms with Crippen LogP contribution in [0.5, 0.6) is 0 Å². The summed E-state index contributed by atoms with van der Waals surface area (Å²) in [5.41, 5.74) is 0.403. The van der Waals surface area contributed by atoms with E-state index < -0.39 is 42.2 Å². The number of likely N-dealkylation sites (tertiary alicyclic amines) is 1. The Labute approximate surface area is 166 Å². The van der Waals surface area contributed by atoms with E-state index in [9.17, 15) is 14.7 Å². The van der Waals surface area contributed by atoms with Gasteiger partial charge >= 0.3 is 5.97 Å². The molecule has 0 aromatic heterocycles. The van der Waals surface area contributed by atoms with Crippen LogP contribution in [0, 0.1) is 0 Å². The number of piperidine rings is 1. The first-order chi connectivity index (χ1) is 13.3. The van der Waals surface area contributed by atoms with Crippen molar-refractivity contribution in [1.29, 1.82) is 0 Å². The molecule has 1 amide bonds. The molecule has 2 aliphatic heterocycles. The molecule has 3 rings (SSSR count). The van der Waals surface area contributed by atoms with E-state index in [2.05, 4.69) is 14.6 Å². The van der Waals surface area contributed by atoms with Gasteiger partial charge in [-0.15, -0.1) is 9.24 Å². The van der Waals surface area contributed by atoms with E-state index in [4.69, 9.17) is 14.2 Å². The normalized spacial score (nSPS) is 31.8. The van der Waals surface area contributed by atoms with Gasteiger partial charge in [0.05, 0.1) is 18.2 Å². The van der Waals surface area contributed by atoms with Crippen molar-refractivity contribution in [2.75, 3.05) is 19.9 Å². The summed E-state index contributed by atoms with van der Waals surface area (Å²) in [6, 6.07) is 7.33. The summed E-state index contributed by atoms with van der Waals surface area (Å²) in [5, 5.41) is 12.7. The fourth-order valence-corrected chi connectivity index (χ4v) is 4.43. The molecular weight excluding hydrogens is 383 g/mol. The number of nitrogens with zero attached hydrogens (tertiary/aromatic N) is 1. The second kappa shape index (κ2) is 8.43. The van der Waals surface area contributed by atoms with Crippen LogP contribution in [0.15, 0.2) is 30.3 Å². The van der Waals surface area contributed by atoms with Crippen LogP contribution in [-0.4, -0.2) is 78.0 Å². The van der Waals surface area contributed by atoms with Gasteiger partial charge in [0.2, 0.25) is 5.91 Å². The van der Waals surface area contributed by atoms with E-state index in [1.807, 2.05) is 6.07 Å². The smallest absolute Gasteiger partial charge is 0.338 e. The number of esters is 1. The van der Waals surface area contributed by atoms with Gasteiger partial charge in [-0.05, 0) is 26.0 Å². The number of hydrogen-bond acceptors (Lipinski definition) is 7.